The predicted molar refractivity (Wildman–Crippen MR) is 54.6 cm³/mol. The fourth-order valence-electron chi connectivity index (χ4n) is 0.976. The van der Waals surface area contributed by atoms with Crippen LogP contribution in [-0.4, -0.2) is 28.5 Å². The molecule has 68 valence electrons. The highest BCUT2D eigenvalue weighted by Crippen LogP contribution is 2.05. The van der Waals surface area contributed by atoms with Crippen LogP contribution >= 0.6 is 11.8 Å². The number of aromatic amines is 1. The van der Waals surface area contributed by atoms with E-state index in [-0.39, 0.29) is 0 Å². The Kier molecular flexibility index (Phi) is 4.00. The van der Waals surface area contributed by atoms with Crippen LogP contribution in [-0.2, 0) is 0 Å². The van der Waals surface area contributed by atoms with Crippen LogP contribution in [0.4, 0.5) is 5.95 Å². The number of hydrogen-bond acceptors (Lipinski definition) is 3. The molecule has 1 unspecified atom stereocenters. The molecule has 0 amide bonds. The second-order valence-corrected chi connectivity index (χ2v) is 3.79. The summed E-state index contributed by atoms with van der Waals surface area (Å²) in [6, 6.07) is 0. The van der Waals surface area contributed by atoms with Crippen LogP contribution in [0.1, 0.15) is 6.92 Å². The highest BCUT2D eigenvalue weighted by Gasteiger charge is 2.00. The predicted octanol–water partition coefficient (Wildman–Crippen LogP) is 1.82. The summed E-state index contributed by atoms with van der Waals surface area (Å²) in [5, 5.41) is 3.23. The van der Waals surface area contributed by atoms with Crippen LogP contribution < -0.4 is 5.32 Å². The van der Waals surface area contributed by atoms with Gasteiger partial charge in [-0.3, -0.25) is 0 Å². The SMILES string of the molecule is CSCC(C)CNc1ncc[nH]1. The Balaban J connectivity index is 2.17. The van der Waals surface area contributed by atoms with Crippen LogP contribution in [0, 0.1) is 5.92 Å². The maximum Gasteiger partial charge on any atom is 0.200 e. The van der Waals surface area contributed by atoms with Crippen molar-refractivity contribution in [3.8, 4) is 0 Å². The first-order valence-corrected chi connectivity index (χ1v) is 5.44. The third kappa shape index (κ3) is 3.17. The van der Waals surface area contributed by atoms with Crippen LogP contribution in [0.3, 0.4) is 0 Å². The van der Waals surface area contributed by atoms with Crippen molar-refractivity contribution in [2.24, 2.45) is 5.92 Å². The number of hydrogen-bond donors (Lipinski definition) is 2. The van der Waals surface area contributed by atoms with Gasteiger partial charge in [-0.2, -0.15) is 11.8 Å². The number of nitrogens with zero attached hydrogens (tertiary/aromatic N) is 1. The Hall–Kier alpha value is -0.640. The second kappa shape index (κ2) is 5.09. The highest BCUT2D eigenvalue weighted by atomic mass is 32.2. The molecule has 0 fully saturated rings. The van der Waals surface area contributed by atoms with Gasteiger partial charge >= 0.3 is 0 Å². The third-order valence-corrected chi connectivity index (χ3v) is 2.47. The lowest BCUT2D eigenvalue weighted by Crippen LogP contribution is -2.13. The van der Waals surface area contributed by atoms with Crippen molar-refractivity contribution in [2.45, 2.75) is 6.92 Å². The average Bonchev–Trinajstić information content (AvgIpc) is 2.53. The average molecular weight is 185 g/mol. The number of imidazole rings is 1. The number of aromatic nitrogens is 2. The normalized spacial score (nSPS) is 12.8. The lowest BCUT2D eigenvalue weighted by atomic mass is 10.2. The molecule has 1 rings (SSSR count). The fourth-order valence-corrected chi connectivity index (χ4v) is 1.66. The molecule has 0 aromatic carbocycles. The first-order valence-electron chi connectivity index (χ1n) is 4.05. The Morgan fingerprint density at radius 1 is 1.75 bits per heavy atom. The Labute approximate surface area is 77.4 Å². The van der Waals surface area contributed by atoms with Gasteiger partial charge in [0.1, 0.15) is 0 Å². The summed E-state index contributed by atoms with van der Waals surface area (Å²) in [5.41, 5.74) is 0. The number of H-pyrrole nitrogens is 1. The second-order valence-electron chi connectivity index (χ2n) is 2.88. The molecular formula is C8H15N3S. The molecule has 4 heteroatoms. The number of nitrogens with one attached hydrogen (secondary N) is 2. The largest absolute Gasteiger partial charge is 0.356 e. The molecule has 2 N–H and O–H groups in total. The van der Waals surface area contributed by atoms with Gasteiger partial charge in [-0.05, 0) is 17.9 Å². The molecule has 0 spiro atoms. The first kappa shape index (κ1) is 9.45. The minimum atomic E-state index is 0.685. The monoisotopic (exact) mass is 185 g/mol. The molecule has 1 atom stereocenters. The molecule has 1 aromatic heterocycles. The van der Waals surface area contributed by atoms with Gasteiger partial charge in [-0.1, -0.05) is 6.92 Å². The van der Waals surface area contributed by atoms with Crippen LogP contribution in [0.5, 0.6) is 0 Å². The van der Waals surface area contributed by atoms with Gasteiger partial charge in [0.25, 0.3) is 0 Å². The van der Waals surface area contributed by atoms with Crippen molar-refractivity contribution in [1.29, 1.82) is 0 Å². The van der Waals surface area contributed by atoms with E-state index in [1.807, 2.05) is 18.0 Å². The first-order chi connectivity index (χ1) is 5.83. The van der Waals surface area contributed by atoms with E-state index in [2.05, 4.69) is 28.5 Å². The minimum absolute atomic E-state index is 0.685. The molecule has 0 saturated carbocycles. The molecule has 0 aliphatic heterocycles. The zero-order valence-corrected chi connectivity index (χ0v) is 8.32. The standard InChI is InChI=1S/C8H15N3S/c1-7(6-12-2)5-11-8-9-3-4-10-8/h3-4,7H,5-6H2,1-2H3,(H2,9,10,11). The van der Waals surface area contributed by atoms with Crippen molar-refractivity contribution in [1.82, 2.24) is 9.97 Å². The summed E-state index contributed by atoms with van der Waals surface area (Å²) >= 11 is 1.88. The van der Waals surface area contributed by atoms with E-state index >= 15 is 0 Å². The van der Waals surface area contributed by atoms with Crippen LogP contribution in [0.15, 0.2) is 12.4 Å². The fraction of sp³-hybridized carbons (Fsp3) is 0.625. The van der Waals surface area contributed by atoms with E-state index in [1.165, 1.54) is 5.75 Å². The highest BCUT2D eigenvalue weighted by molar-refractivity contribution is 7.98. The maximum atomic E-state index is 4.07. The molecule has 3 nitrogen and oxygen atoms in total. The molecule has 0 saturated heterocycles. The summed E-state index contributed by atoms with van der Waals surface area (Å²) in [5.74, 6) is 2.74. The summed E-state index contributed by atoms with van der Waals surface area (Å²) in [4.78, 5) is 7.08. The van der Waals surface area contributed by atoms with Crippen molar-refractivity contribution >= 4 is 17.7 Å². The van der Waals surface area contributed by atoms with E-state index in [9.17, 15) is 0 Å². The molecular weight excluding hydrogens is 170 g/mol. The Bertz CT molecular complexity index is 198. The smallest absolute Gasteiger partial charge is 0.200 e. The van der Waals surface area contributed by atoms with Gasteiger partial charge in [-0.15, -0.1) is 0 Å². The van der Waals surface area contributed by atoms with Crippen molar-refractivity contribution in [3.63, 3.8) is 0 Å². The van der Waals surface area contributed by atoms with Gasteiger partial charge in [-0.25, -0.2) is 4.98 Å². The molecule has 0 aliphatic rings. The molecule has 0 radical (unpaired) electrons. The van der Waals surface area contributed by atoms with E-state index in [0.717, 1.165) is 12.5 Å². The van der Waals surface area contributed by atoms with Gasteiger partial charge in [0.05, 0.1) is 0 Å². The van der Waals surface area contributed by atoms with E-state index in [1.54, 1.807) is 6.20 Å². The third-order valence-electron chi connectivity index (χ3n) is 1.57. The summed E-state index contributed by atoms with van der Waals surface area (Å²) < 4.78 is 0. The minimum Gasteiger partial charge on any atom is -0.356 e. The van der Waals surface area contributed by atoms with E-state index < -0.39 is 0 Å². The molecule has 1 heterocycles. The molecule has 0 bridgehead atoms. The van der Waals surface area contributed by atoms with Crippen molar-refractivity contribution in [2.75, 3.05) is 23.9 Å². The lowest BCUT2D eigenvalue weighted by molar-refractivity contribution is 0.698. The Morgan fingerprint density at radius 3 is 3.17 bits per heavy atom. The zero-order chi connectivity index (χ0) is 8.81. The van der Waals surface area contributed by atoms with Gasteiger partial charge in [0, 0.05) is 18.9 Å². The molecule has 1 aromatic rings. The van der Waals surface area contributed by atoms with Crippen LogP contribution in [0.25, 0.3) is 0 Å². The zero-order valence-electron chi connectivity index (χ0n) is 7.50. The topological polar surface area (TPSA) is 40.7 Å². The summed E-state index contributed by atoms with van der Waals surface area (Å²) in [6.07, 6.45) is 5.70. The van der Waals surface area contributed by atoms with E-state index in [0.29, 0.717) is 5.92 Å². The van der Waals surface area contributed by atoms with Crippen molar-refractivity contribution < 1.29 is 0 Å². The molecule has 0 aliphatic carbocycles. The number of anilines is 1. The quantitative estimate of drug-likeness (QED) is 0.735. The van der Waals surface area contributed by atoms with E-state index in [4.69, 9.17) is 0 Å². The van der Waals surface area contributed by atoms with Crippen LogP contribution in [0.2, 0.25) is 0 Å². The lowest BCUT2D eigenvalue weighted by Gasteiger charge is -2.09. The Morgan fingerprint density at radius 2 is 2.58 bits per heavy atom. The van der Waals surface area contributed by atoms with Gasteiger partial charge < -0.3 is 10.3 Å². The number of thioether (sulfide) groups is 1. The summed E-state index contributed by atoms with van der Waals surface area (Å²) in [6.45, 7) is 3.21. The maximum absolute atomic E-state index is 4.07. The van der Waals surface area contributed by atoms with Gasteiger partial charge in [0.2, 0.25) is 0 Å². The number of rotatable bonds is 5. The molecule has 12 heavy (non-hydrogen) atoms. The van der Waals surface area contributed by atoms with Crippen molar-refractivity contribution in [3.05, 3.63) is 12.4 Å². The summed E-state index contributed by atoms with van der Waals surface area (Å²) in [7, 11) is 0. The van der Waals surface area contributed by atoms with Gasteiger partial charge in [0.15, 0.2) is 5.95 Å².